The van der Waals surface area contributed by atoms with Gasteiger partial charge in [0.15, 0.2) is 0 Å². The van der Waals surface area contributed by atoms with Crippen molar-refractivity contribution in [2.75, 3.05) is 6.54 Å². The van der Waals surface area contributed by atoms with E-state index in [1.54, 1.807) is 0 Å². The maximum absolute atomic E-state index is 13.5. The first kappa shape index (κ1) is 22.6. The van der Waals surface area contributed by atoms with Gasteiger partial charge in [0.2, 0.25) is 0 Å². The number of carbonyl (C=O) groups is 2. The van der Waals surface area contributed by atoms with Crippen LogP contribution in [0.5, 0.6) is 0 Å². The van der Waals surface area contributed by atoms with E-state index in [1.165, 1.54) is 29.2 Å². The monoisotopic (exact) mass is 468 g/mol. The number of nitrogens with one attached hydrogen (secondary N) is 1. The number of hydrogen-bond donors (Lipinski definition) is 2. The topological polar surface area (TPSA) is 73.4 Å². The molecule has 1 unspecified atom stereocenters. The van der Waals surface area contributed by atoms with Crippen molar-refractivity contribution in [1.29, 1.82) is 0 Å². The number of aryl methyl sites for hydroxylation is 1. The van der Waals surface area contributed by atoms with Crippen molar-refractivity contribution in [3.05, 3.63) is 113 Å². The van der Waals surface area contributed by atoms with E-state index in [0.29, 0.717) is 13.0 Å². The number of rotatable bonds is 6. The molecule has 4 aromatic rings. The fourth-order valence-corrected chi connectivity index (χ4v) is 4.74. The van der Waals surface area contributed by atoms with Crippen LogP contribution in [0.15, 0.2) is 84.6 Å². The van der Waals surface area contributed by atoms with E-state index in [1.807, 2.05) is 54.7 Å². The third-order valence-electron chi connectivity index (χ3n) is 6.66. The fraction of sp³-hybridized carbons (Fsp3) is 0.172. The summed E-state index contributed by atoms with van der Waals surface area (Å²) in [4.78, 5) is 31.2. The summed E-state index contributed by atoms with van der Waals surface area (Å²) in [6, 6.07) is 20.1. The van der Waals surface area contributed by atoms with Gasteiger partial charge in [-0.15, -0.1) is 0 Å². The minimum absolute atomic E-state index is 0.0183. The van der Waals surface area contributed by atoms with Crippen LogP contribution in [0.25, 0.3) is 16.7 Å². The number of nitrogens with zero attached hydrogens (tertiary/aromatic N) is 1. The number of aromatic amines is 1. The fourth-order valence-electron chi connectivity index (χ4n) is 4.74. The number of aromatic nitrogens is 1. The Morgan fingerprint density at radius 2 is 1.71 bits per heavy atom. The van der Waals surface area contributed by atoms with Crippen molar-refractivity contribution < 1.29 is 19.1 Å². The van der Waals surface area contributed by atoms with Gasteiger partial charge < -0.3 is 15.0 Å². The first-order valence-corrected chi connectivity index (χ1v) is 11.7. The zero-order chi connectivity index (χ0) is 24.5. The number of likely N-dealkylation sites (tertiary alicyclic amines) is 1. The molecule has 6 heteroatoms. The molecule has 3 aromatic carbocycles. The average molecular weight is 469 g/mol. The highest BCUT2D eigenvalue weighted by atomic mass is 19.1. The SMILES string of the molecule is CCc1ccc(C2/C(=C(/O)c3ccc(F)cc3)C(=O)C(=O)N2CCc2c[nH]c3ccccc23)cc1. The van der Waals surface area contributed by atoms with E-state index in [9.17, 15) is 19.1 Å². The van der Waals surface area contributed by atoms with Gasteiger partial charge in [-0.25, -0.2) is 4.39 Å². The molecule has 5 rings (SSSR count). The molecule has 1 atom stereocenters. The maximum atomic E-state index is 13.5. The molecule has 1 saturated heterocycles. The number of halogens is 1. The molecular weight excluding hydrogens is 443 g/mol. The predicted octanol–water partition coefficient (Wildman–Crippen LogP) is 5.53. The van der Waals surface area contributed by atoms with E-state index in [-0.39, 0.29) is 16.9 Å². The highest BCUT2D eigenvalue weighted by molar-refractivity contribution is 6.46. The summed E-state index contributed by atoms with van der Waals surface area (Å²) in [6.45, 7) is 2.35. The summed E-state index contributed by atoms with van der Waals surface area (Å²) in [7, 11) is 0. The van der Waals surface area contributed by atoms with Gasteiger partial charge in [-0.1, -0.05) is 49.4 Å². The minimum atomic E-state index is -0.740. The molecule has 5 nitrogen and oxygen atoms in total. The molecule has 1 aromatic heterocycles. The van der Waals surface area contributed by atoms with Crippen LogP contribution >= 0.6 is 0 Å². The Kier molecular flexibility index (Phi) is 5.95. The Balaban J connectivity index is 1.56. The molecule has 1 aliphatic rings. The summed E-state index contributed by atoms with van der Waals surface area (Å²) < 4.78 is 13.5. The van der Waals surface area contributed by atoms with E-state index in [4.69, 9.17) is 0 Å². The summed E-state index contributed by atoms with van der Waals surface area (Å²) >= 11 is 0. The quantitative estimate of drug-likeness (QED) is 0.222. The molecule has 176 valence electrons. The number of aliphatic hydroxyl groups is 1. The lowest BCUT2D eigenvalue weighted by Crippen LogP contribution is -2.31. The third kappa shape index (κ3) is 4.12. The highest BCUT2D eigenvalue weighted by Crippen LogP contribution is 2.39. The van der Waals surface area contributed by atoms with Gasteiger partial charge in [-0.05, 0) is 59.9 Å². The van der Waals surface area contributed by atoms with Crippen LogP contribution in [0.3, 0.4) is 0 Å². The highest BCUT2D eigenvalue weighted by Gasteiger charge is 2.45. The number of para-hydroxylation sites is 1. The third-order valence-corrected chi connectivity index (χ3v) is 6.66. The predicted molar refractivity (Wildman–Crippen MR) is 133 cm³/mol. The lowest BCUT2D eigenvalue weighted by molar-refractivity contribution is -0.139. The molecule has 1 fully saturated rings. The van der Waals surface area contributed by atoms with Crippen LogP contribution in [-0.2, 0) is 22.4 Å². The number of aliphatic hydroxyl groups excluding tert-OH is 1. The Morgan fingerprint density at radius 1 is 1.00 bits per heavy atom. The normalized spacial score (nSPS) is 17.4. The summed E-state index contributed by atoms with van der Waals surface area (Å²) in [5.74, 6) is -2.15. The summed E-state index contributed by atoms with van der Waals surface area (Å²) in [5, 5.41) is 12.2. The number of H-pyrrole nitrogens is 1. The molecule has 2 heterocycles. The number of hydrogen-bond acceptors (Lipinski definition) is 3. The number of carbonyl (C=O) groups excluding carboxylic acids is 2. The van der Waals surface area contributed by atoms with Gasteiger partial charge in [0.1, 0.15) is 11.6 Å². The molecule has 0 spiro atoms. The molecule has 0 saturated carbocycles. The van der Waals surface area contributed by atoms with Gasteiger partial charge in [0, 0.05) is 29.2 Å². The lowest BCUT2D eigenvalue weighted by atomic mass is 9.94. The average Bonchev–Trinajstić information content (AvgIpc) is 3.41. The van der Waals surface area contributed by atoms with E-state index < -0.39 is 23.5 Å². The first-order valence-electron chi connectivity index (χ1n) is 11.7. The van der Waals surface area contributed by atoms with E-state index in [0.717, 1.165) is 34.0 Å². The van der Waals surface area contributed by atoms with Gasteiger partial charge >= 0.3 is 0 Å². The second-order valence-corrected chi connectivity index (χ2v) is 8.70. The van der Waals surface area contributed by atoms with Crippen molar-refractivity contribution >= 4 is 28.4 Å². The van der Waals surface area contributed by atoms with Crippen LogP contribution in [0, 0.1) is 5.82 Å². The Hall–Kier alpha value is -4.19. The zero-order valence-electron chi connectivity index (χ0n) is 19.3. The maximum Gasteiger partial charge on any atom is 0.295 e. The number of amides is 1. The standard InChI is InChI=1S/C29H25FN2O3/c1-2-18-7-9-19(10-8-18)26-25(27(33)20-11-13-22(30)14-12-20)28(34)29(35)32(26)16-15-21-17-31-24-6-4-3-5-23(21)24/h3-14,17,26,31,33H,2,15-16H2,1H3/b27-25-. The van der Waals surface area contributed by atoms with Crippen molar-refractivity contribution in [3.63, 3.8) is 0 Å². The van der Waals surface area contributed by atoms with Crippen molar-refractivity contribution in [2.24, 2.45) is 0 Å². The molecule has 35 heavy (non-hydrogen) atoms. The Bertz CT molecular complexity index is 1440. The molecule has 0 bridgehead atoms. The van der Waals surface area contributed by atoms with Crippen molar-refractivity contribution in [3.8, 4) is 0 Å². The Labute approximate surface area is 202 Å². The second-order valence-electron chi connectivity index (χ2n) is 8.70. The minimum Gasteiger partial charge on any atom is -0.507 e. The smallest absolute Gasteiger partial charge is 0.295 e. The lowest BCUT2D eigenvalue weighted by Gasteiger charge is -2.25. The van der Waals surface area contributed by atoms with Crippen LogP contribution in [0.2, 0.25) is 0 Å². The Morgan fingerprint density at radius 3 is 2.43 bits per heavy atom. The molecule has 2 N–H and O–H groups in total. The molecule has 1 aliphatic heterocycles. The molecular formula is C29H25FN2O3. The number of fused-ring (bicyclic) bond motifs is 1. The van der Waals surface area contributed by atoms with Gasteiger partial charge in [0.25, 0.3) is 11.7 Å². The van der Waals surface area contributed by atoms with E-state index in [2.05, 4.69) is 11.9 Å². The van der Waals surface area contributed by atoms with Crippen molar-refractivity contribution in [2.45, 2.75) is 25.8 Å². The van der Waals surface area contributed by atoms with Crippen LogP contribution < -0.4 is 0 Å². The largest absolute Gasteiger partial charge is 0.507 e. The molecule has 0 aliphatic carbocycles. The van der Waals surface area contributed by atoms with Crippen molar-refractivity contribution in [1.82, 2.24) is 9.88 Å². The summed E-state index contributed by atoms with van der Waals surface area (Å²) in [6.07, 6.45) is 3.32. The van der Waals surface area contributed by atoms with Crippen LogP contribution in [0.4, 0.5) is 4.39 Å². The number of ketones is 1. The number of Topliss-reactive ketones (excluding diaryl/α,β-unsaturated/α-hetero) is 1. The van der Waals surface area contributed by atoms with Gasteiger partial charge in [-0.2, -0.15) is 0 Å². The number of benzene rings is 3. The zero-order valence-corrected chi connectivity index (χ0v) is 19.3. The summed E-state index contributed by atoms with van der Waals surface area (Å²) in [5.41, 5.74) is 4.22. The molecule has 0 radical (unpaired) electrons. The molecule has 1 amide bonds. The van der Waals surface area contributed by atoms with Crippen LogP contribution in [-0.4, -0.2) is 33.2 Å². The van der Waals surface area contributed by atoms with Crippen LogP contribution in [0.1, 0.15) is 35.2 Å². The second kappa shape index (κ2) is 9.22. The van der Waals surface area contributed by atoms with Gasteiger partial charge in [-0.3, -0.25) is 9.59 Å². The van der Waals surface area contributed by atoms with E-state index >= 15 is 0 Å². The first-order chi connectivity index (χ1) is 17.0. The van der Waals surface area contributed by atoms with Gasteiger partial charge in [0.05, 0.1) is 11.6 Å².